The average Bonchev–Trinajstić information content (AvgIpc) is 2.05. The van der Waals surface area contributed by atoms with Gasteiger partial charge in [0.1, 0.15) is 0 Å². The third kappa shape index (κ3) is 1.47. The monoisotopic (exact) mass is 132 g/mol. The molecule has 0 aromatic rings. The first kappa shape index (κ1) is 7.07. The van der Waals surface area contributed by atoms with Crippen LogP contribution < -0.4 is 0 Å². The lowest BCUT2D eigenvalue weighted by molar-refractivity contribution is 1.23. The van der Waals surface area contributed by atoms with E-state index in [0.29, 0.717) is 0 Å². The largest absolute Gasteiger partial charge is 0.0985 e. The van der Waals surface area contributed by atoms with Crippen LogP contribution in [0.2, 0.25) is 0 Å². The molecule has 0 fully saturated rings. The highest BCUT2D eigenvalue weighted by Crippen LogP contribution is 2.15. The van der Waals surface area contributed by atoms with E-state index in [0.717, 1.165) is 6.42 Å². The fourth-order valence-electron chi connectivity index (χ4n) is 0.940. The van der Waals surface area contributed by atoms with Crippen molar-refractivity contribution in [3.05, 3.63) is 48.1 Å². The van der Waals surface area contributed by atoms with Gasteiger partial charge in [0.25, 0.3) is 0 Å². The average molecular weight is 132 g/mol. The molecule has 52 valence electrons. The molecule has 0 heteroatoms. The van der Waals surface area contributed by atoms with Crippen LogP contribution in [0.4, 0.5) is 0 Å². The van der Waals surface area contributed by atoms with E-state index in [1.165, 1.54) is 11.1 Å². The molecule has 0 nitrogen and oxygen atoms in total. The summed E-state index contributed by atoms with van der Waals surface area (Å²) in [5, 5.41) is 0. The maximum absolute atomic E-state index is 3.70. The Balaban J connectivity index is 2.72. The Bertz CT molecular complexity index is 214. The van der Waals surface area contributed by atoms with Gasteiger partial charge in [-0.25, -0.2) is 0 Å². The number of hydrogen-bond acceptors (Lipinski definition) is 0. The van der Waals surface area contributed by atoms with Gasteiger partial charge in [0.15, 0.2) is 0 Å². The van der Waals surface area contributed by atoms with Crippen molar-refractivity contribution in [1.82, 2.24) is 0 Å². The van der Waals surface area contributed by atoms with Crippen molar-refractivity contribution in [1.29, 1.82) is 0 Å². The van der Waals surface area contributed by atoms with Crippen LogP contribution in [0, 0.1) is 0 Å². The van der Waals surface area contributed by atoms with Crippen molar-refractivity contribution in [2.45, 2.75) is 13.3 Å². The molecule has 0 bridgehead atoms. The Labute approximate surface area is 62.3 Å². The van der Waals surface area contributed by atoms with Crippen molar-refractivity contribution in [3.8, 4) is 0 Å². The lowest BCUT2D eigenvalue weighted by Crippen LogP contribution is -1.83. The Kier molecular flexibility index (Phi) is 2.27. The second kappa shape index (κ2) is 3.21. The van der Waals surface area contributed by atoms with Crippen LogP contribution in [0.3, 0.4) is 0 Å². The molecule has 0 aromatic heterocycles. The summed E-state index contributed by atoms with van der Waals surface area (Å²) in [6, 6.07) is 0. The second-order valence-corrected chi connectivity index (χ2v) is 2.31. The van der Waals surface area contributed by atoms with Gasteiger partial charge in [0, 0.05) is 0 Å². The van der Waals surface area contributed by atoms with Crippen LogP contribution in [-0.4, -0.2) is 0 Å². The lowest BCUT2D eigenvalue weighted by Gasteiger charge is -2.03. The van der Waals surface area contributed by atoms with E-state index >= 15 is 0 Å². The molecule has 0 atom stereocenters. The topological polar surface area (TPSA) is 0 Å². The molecule has 0 amide bonds. The van der Waals surface area contributed by atoms with Crippen LogP contribution in [0.15, 0.2) is 48.1 Å². The highest BCUT2D eigenvalue weighted by Gasteiger charge is 1.95. The first-order valence-electron chi connectivity index (χ1n) is 3.52. The van der Waals surface area contributed by atoms with E-state index in [9.17, 15) is 0 Å². The van der Waals surface area contributed by atoms with Crippen molar-refractivity contribution < 1.29 is 0 Å². The summed E-state index contributed by atoms with van der Waals surface area (Å²) in [5.74, 6) is 0. The van der Waals surface area contributed by atoms with Crippen LogP contribution in [0.5, 0.6) is 0 Å². The third-order valence-electron chi connectivity index (χ3n) is 1.67. The van der Waals surface area contributed by atoms with Crippen molar-refractivity contribution in [2.75, 3.05) is 0 Å². The van der Waals surface area contributed by atoms with E-state index in [4.69, 9.17) is 0 Å². The van der Waals surface area contributed by atoms with Crippen LogP contribution in [0.25, 0.3) is 0 Å². The van der Waals surface area contributed by atoms with Crippen LogP contribution in [0.1, 0.15) is 13.3 Å². The molecule has 0 saturated heterocycles. The predicted molar refractivity (Wildman–Crippen MR) is 45.8 cm³/mol. The van der Waals surface area contributed by atoms with E-state index in [2.05, 4.69) is 37.8 Å². The molecule has 10 heavy (non-hydrogen) atoms. The Morgan fingerprint density at radius 3 is 2.70 bits per heavy atom. The zero-order valence-corrected chi connectivity index (χ0v) is 6.30. The van der Waals surface area contributed by atoms with Crippen molar-refractivity contribution >= 4 is 0 Å². The Morgan fingerprint density at radius 2 is 2.30 bits per heavy atom. The minimum absolute atomic E-state index is 1.05. The Hall–Kier alpha value is -1.04. The minimum atomic E-state index is 1.05. The quantitative estimate of drug-likeness (QED) is 0.514. The molecule has 0 unspecified atom stereocenters. The molecule has 1 rings (SSSR count). The van der Waals surface area contributed by atoms with Crippen molar-refractivity contribution in [2.24, 2.45) is 0 Å². The van der Waals surface area contributed by atoms with E-state index in [1.807, 2.05) is 6.08 Å². The number of hydrogen-bond donors (Lipinski definition) is 0. The second-order valence-electron chi connectivity index (χ2n) is 2.31. The summed E-state index contributed by atoms with van der Waals surface area (Å²) in [6.07, 6.45) is 11.5. The zero-order chi connectivity index (χ0) is 7.40. The lowest BCUT2D eigenvalue weighted by atomic mass is 10.0. The van der Waals surface area contributed by atoms with Gasteiger partial charge >= 0.3 is 0 Å². The molecular weight excluding hydrogens is 120 g/mol. The summed E-state index contributed by atoms with van der Waals surface area (Å²) in [4.78, 5) is 0. The summed E-state index contributed by atoms with van der Waals surface area (Å²) in [6.45, 7) is 5.76. The molecule has 1 aliphatic rings. The number of allylic oxidation sites excluding steroid dienone is 7. The molecule has 0 aliphatic heterocycles. The number of rotatable bonds is 1. The highest BCUT2D eigenvalue weighted by atomic mass is 14.0. The zero-order valence-electron chi connectivity index (χ0n) is 6.30. The maximum atomic E-state index is 3.70. The summed E-state index contributed by atoms with van der Waals surface area (Å²) < 4.78 is 0. The van der Waals surface area contributed by atoms with E-state index in [1.54, 1.807) is 0 Å². The SMILES string of the molecule is C=CC1=CC/C(=C\C)C=C1. The molecule has 0 aromatic carbocycles. The van der Waals surface area contributed by atoms with Gasteiger partial charge in [-0.2, -0.15) is 0 Å². The van der Waals surface area contributed by atoms with Crippen LogP contribution in [-0.2, 0) is 0 Å². The first-order chi connectivity index (χ1) is 4.86. The van der Waals surface area contributed by atoms with E-state index < -0.39 is 0 Å². The van der Waals surface area contributed by atoms with Gasteiger partial charge < -0.3 is 0 Å². The smallest absolute Gasteiger partial charge is 0.00917 e. The molecule has 0 spiro atoms. The molecule has 0 radical (unpaired) electrons. The highest BCUT2D eigenvalue weighted by molar-refractivity contribution is 5.39. The Morgan fingerprint density at radius 1 is 1.50 bits per heavy atom. The van der Waals surface area contributed by atoms with Crippen molar-refractivity contribution in [3.63, 3.8) is 0 Å². The summed E-state index contributed by atoms with van der Waals surface area (Å²) >= 11 is 0. The van der Waals surface area contributed by atoms with E-state index in [-0.39, 0.29) is 0 Å². The standard InChI is InChI=1S/C10H12/c1-3-9-5-7-10(4-2)8-6-9/h3-7H,1,8H2,2H3/b10-4-. The normalized spacial score (nSPS) is 20.9. The molecule has 0 heterocycles. The molecule has 0 N–H and O–H groups in total. The fourth-order valence-corrected chi connectivity index (χ4v) is 0.940. The maximum Gasteiger partial charge on any atom is -0.00917 e. The summed E-state index contributed by atoms with van der Waals surface area (Å²) in [7, 11) is 0. The van der Waals surface area contributed by atoms with Gasteiger partial charge in [0.05, 0.1) is 0 Å². The van der Waals surface area contributed by atoms with Gasteiger partial charge in [0.2, 0.25) is 0 Å². The first-order valence-corrected chi connectivity index (χ1v) is 3.52. The molecular formula is C10H12. The fraction of sp³-hybridized carbons (Fsp3) is 0.200. The predicted octanol–water partition coefficient (Wildman–Crippen LogP) is 3.01. The third-order valence-corrected chi connectivity index (χ3v) is 1.67. The summed E-state index contributed by atoms with van der Waals surface area (Å²) in [5.41, 5.74) is 2.61. The van der Waals surface area contributed by atoms with Gasteiger partial charge in [-0.15, -0.1) is 0 Å². The minimum Gasteiger partial charge on any atom is -0.0985 e. The van der Waals surface area contributed by atoms with Gasteiger partial charge in [-0.1, -0.05) is 37.0 Å². The van der Waals surface area contributed by atoms with Crippen LogP contribution >= 0.6 is 0 Å². The molecule has 1 aliphatic carbocycles. The molecule has 0 saturated carbocycles. The van der Waals surface area contributed by atoms with Gasteiger partial charge in [-0.3, -0.25) is 0 Å². The van der Waals surface area contributed by atoms with Gasteiger partial charge in [-0.05, 0) is 24.5 Å².